The summed E-state index contributed by atoms with van der Waals surface area (Å²) < 4.78 is 7.02. The minimum atomic E-state index is -0.376. The van der Waals surface area contributed by atoms with Crippen LogP contribution in [0, 0.1) is 6.92 Å². The molecule has 27 heavy (non-hydrogen) atoms. The van der Waals surface area contributed by atoms with Crippen LogP contribution in [0.15, 0.2) is 0 Å². The minimum Gasteiger partial charge on any atom is -0.459 e. The number of fused-ring (bicyclic) bond motifs is 1. The van der Waals surface area contributed by atoms with E-state index in [4.69, 9.17) is 16.3 Å². The third kappa shape index (κ3) is 3.89. The molecular formula is C19H24ClN3O3S. The Labute approximate surface area is 167 Å². The van der Waals surface area contributed by atoms with Crippen molar-refractivity contribution in [2.24, 2.45) is 7.05 Å². The smallest absolute Gasteiger partial charge is 0.341 e. The van der Waals surface area contributed by atoms with Crippen molar-refractivity contribution in [1.82, 2.24) is 9.78 Å². The van der Waals surface area contributed by atoms with Gasteiger partial charge in [-0.2, -0.15) is 5.10 Å². The Balaban J connectivity index is 1.96. The molecule has 0 saturated heterocycles. The zero-order valence-electron chi connectivity index (χ0n) is 16.0. The summed E-state index contributed by atoms with van der Waals surface area (Å²) in [7, 11) is 1.67. The Morgan fingerprint density at radius 1 is 1.37 bits per heavy atom. The number of nitrogens with one attached hydrogen (secondary N) is 1. The van der Waals surface area contributed by atoms with E-state index in [0.29, 0.717) is 21.3 Å². The van der Waals surface area contributed by atoms with Crippen molar-refractivity contribution in [3.8, 4) is 0 Å². The van der Waals surface area contributed by atoms with Gasteiger partial charge in [0.05, 0.1) is 22.4 Å². The van der Waals surface area contributed by atoms with Gasteiger partial charge in [-0.25, -0.2) is 4.79 Å². The molecule has 1 N–H and O–H groups in total. The molecule has 0 saturated carbocycles. The molecule has 0 aliphatic heterocycles. The number of hydrogen-bond acceptors (Lipinski definition) is 5. The van der Waals surface area contributed by atoms with Crippen LogP contribution >= 0.6 is 22.9 Å². The highest BCUT2D eigenvalue weighted by Crippen LogP contribution is 2.39. The lowest BCUT2D eigenvalue weighted by Crippen LogP contribution is -2.20. The second kappa shape index (κ2) is 8.02. The van der Waals surface area contributed by atoms with Gasteiger partial charge in [-0.3, -0.25) is 9.48 Å². The van der Waals surface area contributed by atoms with Gasteiger partial charge in [-0.05, 0) is 51.5 Å². The average Bonchev–Trinajstić information content (AvgIpc) is 3.10. The Morgan fingerprint density at radius 2 is 2.07 bits per heavy atom. The standard InChI is InChI=1S/C19H24ClN3O3S/c1-5-10(2)26-19(25)14-12-8-6-7-9-13(12)27-18(14)21-17(24)16-15(20)11(3)22-23(16)4/h10H,5-9H2,1-4H3,(H,21,24). The molecule has 0 fully saturated rings. The molecule has 1 atom stereocenters. The van der Waals surface area contributed by atoms with E-state index < -0.39 is 0 Å². The van der Waals surface area contributed by atoms with Gasteiger partial charge in [0.2, 0.25) is 0 Å². The third-order valence-electron chi connectivity index (χ3n) is 4.85. The first-order valence-electron chi connectivity index (χ1n) is 9.19. The molecule has 2 aromatic heterocycles. The molecule has 0 radical (unpaired) electrons. The number of aryl methyl sites for hydroxylation is 3. The lowest BCUT2D eigenvalue weighted by Gasteiger charge is -2.15. The fourth-order valence-corrected chi connectivity index (χ4v) is 4.75. The lowest BCUT2D eigenvalue weighted by molar-refractivity contribution is 0.0335. The number of rotatable bonds is 5. The predicted molar refractivity (Wildman–Crippen MR) is 107 cm³/mol. The molecule has 0 aromatic carbocycles. The largest absolute Gasteiger partial charge is 0.459 e. The fourth-order valence-electron chi connectivity index (χ4n) is 3.24. The van der Waals surface area contributed by atoms with Crippen molar-refractivity contribution < 1.29 is 14.3 Å². The van der Waals surface area contributed by atoms with E-state index in [1.54, 1.807) is 14.0 Å². The van der Waals surface area contributed by atoms with Crippen molar-refractivity contribution in [3.05, 3.63) is 32.4 Å². The van der Waals surface area contributed by atoms with Gasteiger partial charge in [-0.15, -0.1) is 11.3 Å². The van der Waals surface area contributed by atoms with E-state index in [2.05, 4.69) is 10.4 Å². The zero-order valence-corrected chi connectivity index (χ0v) is 17.6. The number of carbonyl (C=O) groups excluding carboxylic acids is 2. The number of amides is 1. The summed E-state index contributed by atoms with van der Waals surface area (Å²) in [6, 6.07) is 0. The van der Waals surface area contributed by atoms with Crippen LogP contribution in [-0.2, 0) is 24.6 Å². The highest BCUT2D eigenvalue weighted by molar-refractivity contribution is 7.17. The number of aromatic nitrogens is 2. The molecule has 2 heterocycles. The summed E-state index contributed by atoms with van der Waals surface area (Å²) in [5.41, 5.74) is 2.38. The number of thiophene rings is 1. The second-order valence-corrected chi connectivity index (χ2v) is 8.35. The molecule has 1 amide bonds. The molecule has 3 rings (SSSR count). The predicted octanol–water partition coefficient (Wildman–Crippen LogP) is 4.53. The summed E-state index contributed by atoms with van der Waals surface area (Å²) >= 11 is 7.69. The van der Waals surface area contributed by atoms with Gasteiger partial charge in [0.1, 0.15) is 10.7 Å². The van der Waals surface area contributed by atoms with Crippen molar-refractivity contribution in [3.63, 3.8) is 0 Å². The summed E-state index contributed by atoms with van der Waals surface area (Å²) in [6.45, 7) is 5.58. The maximum absolute atomic E-state index is 12.8. The molecular weight excluding hydrogens is 386 g/mol. The quantitative estimate of drug-likeness (QED) is 0.736. The van der Waals surface area contributed by atoms with Crippen LogP contribution in [0.2, 0.25) is 5.02 Å². The van der Waals surface area contributed by atoms with Crippen LogP contribution in [0.25, 0.3) is 0 Å². The van der Waals surface area contributed by atoms with E-state index in [1.807, 2.05) is 13.8 Å². The molecule has 6 nitrogen and oxygen atoms in total. The summed E-state index contributed by atoms with van der Waals surface area (Å²) in [5.74, 6) is -0.745. The van der Waals surface area contributed by atoms with Crippen LogP contribution in [0.4, 0.5) is 5.00 Å². The van der Waals surface area contributed by atoms with Gasteiger partial charge in [0.25, 0.3) is 5.91 Å². The van der Waals surface area contributed by atoms with Crippen molar-refractivity contribution in [2.75, 3.05) is 5.32 Å². The first kappa shape index (κ1) is 19.9. The van der Waals surface area contributed by atoms with Crippen LogP contribution in [-0.4, -0.2) is 27.8 Å². The first-order chi connectivity index (χ1) is 12.8. The van der Waals surface area contributed by atoms with Crippen LogP contribution in [0.3, 0.4) is 0 Å². The van der Waals surface area contributed by atoms with Crippen LogP contribution < -0.4 is 5.32 Å². The summed E-state index contributed by atoms with van der Waals surface area (Å²) in [4.78, 5) is 26.8. The number of anilines is 1. The third-order valence-corrected chi connectivity index (χ3v) is 6.51. The topological polar surface area (TPSA) is 73.2 Å². The Bertz CT molecular complexity index is 887. The number of carbonyl (C=O) groups is 2. The minimum absolute atomic E-state index is 0.172. The summed E-state index contributed by atoms with van der Waals surface area (Å²) in [5, 5.41) is 7.92. The Morgan fingerprint density at radius 3 is 2.70 bits per heavy atom. The fraction of sp³-hybridized carbons (Fsp3) is 0.526. The number of nitrogens with zero attached hydrogens (tertiary/aromatic N) is 2. The molecule has 146 valence electrons. The van der Waals surface area contributed by atoms with E-state index in [-0.39, 0.29) is 23.7 Å². The Kier molecular flexibility index (Phi) is 5.91. The number of esters is 1. The maximum atomic E-state index is 12.8. The highest BCUT2D eigenvalue weighted by Gasteiger charge is 2.29. The highest BCUT2D eigenvalue weighted by atomic mass is 35.5. The SMILES string of the molecule is CCC(C)OC(=O)c1c(NC(=O)c2c(Cl)c(C)nn2C)sc2c1CCCC2. The normalized spacial score (nSPS) is 14.6. The van der Waals surface area contributed by atoms with Crippen molar-refractivity contribution in [2.45, 2.75) is 59.0 Å². The van der Waals surface area contributed by atoms with Gasteiger partial charge < -0.3 is 10.1 Å². The maximum Gasteiger partial charge on any atom is 0.341 e. The van der Waals surface area contributed by atoms with Crippen LogP contribution in [0.1, 0.15) is 70.1 Å². The van der Waals surface area contributed by atoms with Crippen molar-refractivity contribution in [1.29, 1.82) is 0 Å². The van der Waals surface area contributed by atoms with Crippen LogP contribution in [0.5, 0.6) is 0 Å². The van der Waals surface area contributed by atoms with Gasteiger partial charge in [0.15, 0.2) is 0 Å². The second-order valence-electron chi connectivity index (χ2n) is 6.86. The molecule has 1 unspecified atom stereocenters. The molecule has 1 aliphatic rings. The van der Waals surface area contributed by atoms with Gasteiger partial charge >= 0.3 is 5.97 Å². The Hall–Kier alpha value is -1.86. The molecule has 0 bridgehead atoms. The van der Waals surface area contributed by atoms with E-state index in [9.17, 15) is 9.59 Å². The first-order valence-corrected chi connectivity index (χ1v) is 10.4. The van der Waals surface area contributed by atoms with Gasteiger partial charge in [-0.1, -0.05) is 18.5 Å². The van der Waals surface area contributed by atoms with Gasteiger partial charge in [0, 0.05) is 11.9 Å². The van der Waals surface area contributed by atoms with Crippen molar-refractivity contribution >= 4 is 39.8 Å². The van der Waals surface area contributed by atoms with E-state index in [0.717, 1.165) is 42.5 Å². The lowest BCUT2D eigenvalue weighted by atomic mass is 9.95. The molecule has 2 aromatic rings. The number of hydrogen-bond donors (Lipinski definition) is 1. The van der Waals surface area contributed by atoms with E-state index in [1.165, 1.54) is 16.0 Å². The monoisotopic (exact) mass is 409 g/mol. The molecule has 1 aliphatic carbocycles. The van der Waals surface area contributed by atoms with E-state index >= 15 is 0 Å². The number of ether oxygens (including phenoxy) is 1. The molecule has 0 spiro atoms. The summed E-state index contributed by atoms with van der Waals surface area (Å²) in [6.07, 6.45) is 4.45. The zero-order chi connectivity index (χ0) is 19.7. The molecule has 8 heteroatoms. The number of halogens is 1. The average molecular weight is 410 g/mol.